The lowest BCUT2D eigenvalue weighted by atomic mass is 10.1. The van der Waals surface area contributed by atoms with Gasteiger partial charge < -0.3 is 0 Å². The average molecular weight is 197 g/mol. The highest BCUT2D eigenvalue weighted by molar-refractivity contribution is 8.01. The van der Waals surface area contributed by atoms with Crippen LogP contribution in [0.2, 0.25) is 0 Å². The summed E-state index contributed by atoms with van der Waals surface area (Å²) in [6.45, 7) is 6.29. The van der Waals surface area contributed by atoms with Crippen molar-refractivity contribution in [3.63, 3.8) is 0 Å². The van der Waals surface area contributed by atoms with Crippen molar-refractivity contribution in [2.24, 2.45) is 4.99 Å². The first-order valence-corrected chi connectivity index (χ1v) is 5.92. The van der Waals surface area contributed by atoms with E-state index in [2.05, 4.69) is 30.3 Å². The first-order chi connectivity index (χ1) is 6.24. The van der Waals surface area contributed by atoms with E-state index in [0.29, 0.717) is 0 Å². The van der Waals surface area contributed by atoms with Crippen molar-refractivity contribution >= 4 is 18.0 Å². The van der Waals surface area contributed by atoms with Crippen molar-refractivity contribution in [3.8, 4) is 0 Å². The Morgan fingerprint density at radius 3 is 2.62 bits per heavy atom. The zero-order valence-electron chi connectivity index (χ0n) is 9.00. The van der Waals surface area contributed by atoms with Gasteiger partial charge >= 0.3 is 0 Å². The van der Waals surface area contributed by atoms with Crippen LogP contribution in [0.5, 0.6) is 0 Å². The van der Waals surface area contributed by atoms with E-state index >= 15 is 0 Å². The number of nitrogens with zero attached hydrogens (tertiary/aromatic N) is 1. The van der Waals surface area contributed by atoms with Crippen LogP contribution in [0, 0.1) is 0 Å². The smallest absolute Gasteiger partial charge is 0.0687 e. The molecule has 2 heteroatoms. The third-order valence-corrected chi connectivity index (χ3v) is 2.03. The summed E-state index contributed by atoms with van der Waals surface area (Å²) in [7, 11) is 0. The van der Waals surface area contributed by atoms with Gasteiger partial charge in [-0.05, 0) is 38.0 Å². The van der Waals surface area contributed by atoms with Gasteiger partial charge in [0.25, 0.3) is 0 Å². The summed E-state index contributed by atoms with van der Waals surface area (Å²) in [6, 6.07) is 0. The molecule has 0 saturated carbocycles. The molecule has 13 heavy (non-hydrogen) atoms. The Hall–Kier alpha value is -0.500. The predicted molar refractivity (Wildman–Crippen MR) is 64.4 cm³/mol. The van der Waals surface area contributed by atoms with Crippen LogP contribution in [0.25, 0.3) is 0 Å². The monoisotopic (exact) mass is 197 g/mol. The van der Waals surface area contributed by atoms with Crippen LogP contribution in [-0.2, 0) is 0 Å². The van der Waals surface area contributed by atoms with Crippen molar-refractivity contribution in [2.75, 3.05) is 6.26 Å². The van der Waals surface area contributed by atoms with E-state index in [9.17, 15) is 0 Å². The Kier molecular flexibility index (Phi) is 7.80. The third kappa shape index (κ3) is 6.64. The molecule has 0 fully saturated rings. The molecule has 0 N–H and O–H groups in total. The molecular weight excluding hydrogens is 178 g/mol. The van der Waals surface area contributed by atoms with Crippen molar-refractivity contribution in [3.05, 3.63) is 22.8 Å². The molecule has 0 rings (SSSR count). The van der Waals surface area contributed by atoms with E-state index in [1.807, 2.05) is 19.4 Å². The Morgan fingerprint density at radius 2 is 2.15 bits per heavy atom. The lowest BCUT2D eigenvalue weighted by Gasteiger charge is -1.98. The fraction of sp³-hybridized carbons (Fsp3) is 0.545. The molecule has 0 aromatic rings. The molecule has 0 atom stereocenters. The number of allylic oxidation sites excluding steroid dienone is 2. The Morgan fingerprint density at radius 1 is 1.46 bits per heavy atom. The standard InChI is InChI=1S/C11H19NS/c1-5-7-10(3)8-11(9-13-4)12-6-2/h6,8-9H,5,7H2,1-4H3/b10-8+,11-9-,12-6?. The SMILES string of the molecule is CC=NC(=C\SC)/C=C(\C)CCC. The second-order valence-electron chi connectivity index (χ2n) is 2.91. The van der Waals surface area contributed by atoms with Gasteiger partial charge in [-0.25, -0.2) is 0 Å². The summed E-state index contributed by atoms with van der Waals surface area (Å²) in [4.78, 5) is 4.27. The van der Waals surface area contributed by atoms with Crippen LogP contribution in [0.15, 0.2) is 27.7 Å². The number of aliphatic imine (C=N–C) groups is 1. The Balaban J connectivity index is 4.40. The molecule has 0 aliphatic carbocycles. The van der Waals surface area contributed by atoms with Gasteiger partial charge in [-0.3, -0.25) is 4.99 Å². The zero-order chi connectivity index (χ0) is 10.1. The maximum atomic E-state index is 4.27. The molecule has 0 aliphatic heterocycles. The van der Waals surface area contributed by atoms with Gasteiger partial charge in [0, 0.05) is 6.21 Å². The van der Waals surface area contributed by atoms with Crippen molar-refractivity contribution in [1.29, 1.82) is 0 Å². The molecule has 0 aliphatic rings. The lowest BCUT2D eigenvalue weighted by molar-refractivity contribution is 0.903. The summed E-state index contributed by atoms with van der Waals surface area (Å²) in [5.74, 6) is 0. The van der Waals surface area contributed by atoms with Gasteiger partial charge in [0.1, 0.15) is 0 Å². The van der Waals surface area contributed by atoms with E-state index in [4.69, 9.17) is 0 Å². The van der Waals surface area contributed by atoms with Crippen LogP contribution >= 0.6 is 11.8 Å². The second-order valence-corrected chi connectivity index (χ2v) is 3.61. The molecule has 1 nitrogen and oxygen atoms in total. The molecule has 0 heterocycles. The van der Waals surface area contributed by atoms with E-state index in [-0.39, 0.29) is 0 Å². The molecule has 0 amide bonds. The van der Waals surface area contributed by atoms with Gasteiger partial charge in [0.05, 0.1) is 5.70 Å². The minimum Gasteiger partial charge on any atom is -0.261 e. The Labute approximate surface area is 86.0 Å². The fourth-order valence-electron chi connectivity index (χ4n) is 1.09. The molecule has 0 bridgehead atoms. The van der Waals surface area contributed by atoms with E-state index in [1.54, 1.807) is 11.8 Å². The normalized spacial score (nSPS) is 14.2. The first kappa shape index (κ1) is 12.5. The summed E-state index contributed by atoms with van der Waals surface area (Å²) in [6.07, 6.45) is 8.39. The second kappa shape index (κ2) is 8.11. The van der Waals surface area contributed by atoms with Crippen LogP contribution < -0.4 is 0 Å². The zero-order valence-corrected chi connectivity index (χ0v) is 9.82. The number of rotatable bonds is 5. The molecule has 74 valence electrons. The largest absolute Gasteiger partial charge is 0.261 e. The predicted octanol–water partition coefficient (Wildman–Crippen LogP) is 4.03. The number of hydrogen-bond donors (Lipinski definition) is 0. The molecule has 0 radical (unpaired) electrons. The maximum absolute atomic E-state index is 4.27. The van der Waals surface area contributed by atoms with Crippen molar-refractivity contribution in [2.45, 2.75) is 33.6 Å². The van der Waals surface area contributed by atoms with Crippen LogP contribution in [0.1, 0.15) is 33.6 Å². The number of hydrogen-bond acceptors (Lipinski definition) is 2. The molecule has 0 saturated heterocycles. The van der Waals surface area contributed by atoms with Gasteiger partial charge in [-0.1, -0.05) is 18.9 Å². The van der Waals surface area contributed by atoms with Crippen LogP contribution in [0.4, 0.5) is 0 Å². The average Bonchev–Trinajstić information content (AvgIpc) is 2.05. The van der Waals surface area contributed by atoms with Crippen molar-refractivity contribution in [1.82, 2.24) is 0 Å². The molecule has 0 aromatic heterocycles. The van der Waals surface area contributed by atoms with Gasteiger partial charge in [0.15, 0.2) is 0 Å². The van der Waals surface area contributed by atoms with Crippen molar-refractivity contribution < 1.29 is 0 Å². The fourth-order valence-corrected chi connectivity index (χ4v) is 1.46. The summed E-state index contributed by atoms with van der Waals surface area (Å²) in [5, 5.41) is 2.07. The van der Waals surface area contributed by atoms with Gasteiger partial charge in [-0.2, -0.15) is 0 Å². The van der Waals surface area contributed by atoms with E-state index < -0.39 is 0 Å². The quantitative estimate of drug-likeness (QED) is 0.479. The van der Waals surface area contributed by atoms with Gasteiger partial charge in [0.2, 0.25) is 0 Å². The highest BCUT2D eigenvalue weighted by Gasteiger charge is 1.90. The van der Waals surface area contributed by atoms with Crippen LogP contribution in [0.3, 0.4) is 0 Å². The summed E-state index contributed by atoms with van der Waals surface area (Å²) >= 11 is 1.69. The third-order valence-electron chi connectivity index (χ3n) is 1.56. The highest BCUT2D eigenvalue weighted by atomic mass is 32.2. The van der Waals surface area contributed by atoms with E-state index in [1.165, 1.54) is 12.0 Å². The Bertz CT molecular complexity index is 214. The minimum absolute atomic E-state index is 1.06. The first-order valence-electron chi connectivity index (χ1n) is 4.63. The maximum Gasteiger partial charge on any atom is 0.0687 e. The molecule has 0 spiro atoms. The van der Waals surface area contributed by atoms with Crippen LogP contribution in [-0.4, -0.2) is 12.5 Å². The topological polar surface area (TPSA) is 12.4 Å². The molecular formula is C11H19NS. The summed E-state index contributed by atoms with van der Waals surface area (Å²) < 4.78 is 0. The minimum atomic E-state index is 1.06. The summed E-state index contributed by atoms with van der Waals surface area (Å²) in [5.41, 5.74) is 2.45. The molecule has 0 unspecified atom stereocenters. The number of thioether (sulfide) groups is 1. The molecule has 0 aromatic carbocycles. The van der Waals surface area contributed by atoms with E-state index in [0.717, 1.165) is 12.1 Å². The van der Waals surface area contributed by atoms with Gasteiger partial charge in [-0.15, -0.1) is 11.8 Å². The highest BCUT2D eigenvalue weighted by Crippen LogP contribution is 2.11. The lowest BCUT2D eigenvalue weighted by Crippen LogP contribution is -1.78.